The molecule has 0 amide bonds. The lowest BCUT2D eigenvalue weighted by Gasteiger charge is -2.11. The molecule has 1 aliphatic carbocycles. The number of carbonyl (C=O) groups is 1. The predicted octanol–water partition coefficient (Wildman–Crippen LogP) is 2.36. The smallest absolute Gasteiger partial charge is 0.320 e. The van der Waals surface area contributed by atoms with Crippen molar-refractivity contribution in [2.24, 2.45) is 0 Å². The fourth-order valence-corrected chi connectivity index (χ4v) is 1.80. The third kappa shape index (κ3) is 1.24. The number of aliphatic carboxylic acids is 1. The van der Waals surface area contributed by atoms with Gasteiger partial charge in [-0.15, -0.1) is 0 Å². The molecule has 0 heterocycles. The first-order valence-corrected chi connectivity index (χ1v) is 4.58. The van der Waals surface area contributed by atoms with E-state index in [9.17, 15) is 13.6 Å². The van der Waals surface area contributed by atoms with Crippen LogP contribution >= 0.6 is 0 Å². The Bertz CT molecular complexity index is 411. The van der Waals surface area contributed by atoms with E-state index < -0.39 is 23.7 Å². The molecule has 80 valence electrons. The molecular weight excluding hydrogens is 202 g/mol. The van der Waals surface area contributed by atoms with Gasteiger partial charge < -0.3 is 5.11 Å². The van der Waals surface area contributed by atoms with E-state index >= 15 is 0 Å². The molecule has 0 bridgehead atoms. The molecule has 4 heteroatoms. The average Bonchev–Trinajstić information content (AvgIpc) is 2.72. The Morgan fingerprint density at radius 3 is 2.13 bits per heavy atom. The molecule has 15 heavy (non-hydrogen) atoms. The van der Waals surface area contributed by atoms with E-state index in [1.54, 1.807) is 12.1 Å². The zero-order valence-electron chi connectivity index (χ0n) is 8.13. The van der Waals surface area contributed by atoms with Crippen molar-refractivity contribution < 1.29 is 18.7 Å². The van der Waals surface area contributed by atoms with E-state index in [0.717, 1.165) is 5.56 Å². The number of carboxylic acids is 1. The summed E-state index contributed by atoms with van der Waals surface area (Å²) in [5, 5.41) is 8.88. The molecule has 0 spiro atoms. The Morgan fingerprint density at radius 2 is 1.80 bits per heavy atom. The summed E-state index contributed by atoms with van der Waals surface area (Å²) >= 11 is 0. The van der Waals surface area contributed by atoms with Crippen LogP contribution in [0.15, 0.2) is 24.3 Å². The molecule has 1 saturated carbocycles. The van der Waals surface area contributed by atoms with Gasteiger partial charge in [0.15, 0.2) is 5.41 Å². The summed E-state index contributed by atoms with van der Waals surface area (Å²) in [7, 11) is 0. The molecule has 0 aliphatic heterocycles. The monoisotopic (exact) mass is 212 g/mol. The maximum atomic E-state index is 13.1. The molecule has 1 aromatic carbocycles. The van der Waals surface area contributed by atoms with Gasteiger partial charge in [-0.25, -0.2) is 8.78 Å². The summed E-state index contributed by atoms with van der Waals surface area (Å²) in [6.45, 7) is 1.82. The molecular formula is C11H10F2O2. The van der Waals surface area contributed by atoms with Crippen LogP contribution in [0, 0.1) is 6.92 Å². The van der Waals surface area contributed by atoms with Crippen LogP contribution in [0.2, 0.25) is 0 Å². The van der Waals surface area contributed by atoms with E-state index in [1.165, 1.54) is 12.1 Å². The van der Waals surface area contributed by atoms with Crippen LogP contribution in [-0.2, 0) is 10.2 Å². The summed E-state index contributed by atoms with van der Waals surface area (Å²) < 4.78 is 26.2. The van der Waals surface area contributed by atoms with Crippen LogP contribution in [0.25, 0.3) is 0 Å². The highest BCUT2D eigenvalue weighted by atomic mass is 19.3. The number of hydrogen-bond acceptors (Lipinski definition) is 1. The minimum Gasteiger partial charge on any atom is -0.480 e. The first-order valence-electron chi connectivity index (χ1n) is 4.58. The quantitative estimate of drug-likeness (QED) is 0.817. The number of carboxylic acid groups (broad SMARTS) is 1. The Labute approximate surface area is 85.5 Å². The van der Waals surface area contributed by atoms with Gasteiger partial charge in [-0.3, -0.25) is 4.79 Å². The van der Waals surface area contributed by atoms with Gasteiger partial charge in [-0.2, -0.15) is 0 Å². The van der Waals surface area contributed by atoms with Crippen LogP contribution in [-0.4, -0.2) is 17.0 Å². The molecule has 1 atom stereocenters. The lowest BCUT2D eigenvalue weighted by Crippen LogP contribution is -2.26. The lowest BCUT2D eigenvalue weighted by atomic mass is 9.94. The van der Waals surface area contributed by atoms with Crippen LogP contribution in [0.5, 0.6) is 0 Å². The van der Waals surface area contributed by atoms with Gasteiger partial charge in [-0.05, 0) is 12.5 Å². The molecule has 2 rings (SSSR count). The van der Waals surface area contributed by atoms with Gasteiger partial charge in [0.1, 0.15) is 0 Å². The highest BCUT2D eigenvalue weighted by Crippen LogP contribution is 2.61. The molecule has 1 aromatic rings. The van der Waals surface area contributed by atoms with Crippen molar-refractivity contribution in [2.45, 2.75) is 24.7 Å². The van der Waals surface area contributed by atoms with Crippen LogP contribution in [0.1, 0.15) is 17.5 Å². The minimum absolute atomic E-state index is 0.186. The Balaban J connectivity index is 2.45. The Morgan fingerprint density at radius 1 is 1.33 bits per heavy atom. The van der Waals surface area contributed by atoms with Gasteiger partial charge in [0.25, 0.3) is 5.92 Å². The first kappa shape index (κ1) is 10.1. The number of rotatable bonds is 2. The summed E-state index contributed by atoms with van der Waals surface area (Å²) in [6, 6.07) is 6.22. The van der Waals surface area contributed by atoms with Crippen LogP contribution in [0.4, 0.5) is 8.78 Å². The molecule has 2 nitrogen and oxygen atoms in total. The topological polar surface area (TPSA) is 37.3 Å². The molecule has 1 unspecified atom stereocenters. The summed E-state index contributed by atoms with van der Waals surface area (Å²) in [6.07, 6.45) is -0.599. The van der Waals surface area contributed by atoms with E-state index in [-0.39, 0.29) is 5.56 Å². The minimum atomic E-state index is -3.12. The van der Waals surface area contributed by atoms with Crippen molar-refractivity contribution in [2.75, 3.05) is 0 Å². The third-order valence-electron chi connectivity index (χ3n) is 2.90. The molecule has 0 aromatic heterocycles. The van der Waals surface area contributed by atoms with E-state index in [2.05, 4.69) is 0 Å². The number of halogens is 2. The average molecular weight is 212 g/mol. The SMILES string of the molecule is Cc1ccc(C2(C(=O)O)CC2(F)F)cc1. The summed E-state index contributed by atoms with van der Waals surface area (Å²) in [5.74, 6) is -4.56. The van der Waals surface area contributed by atoms with Crippen molar-refractivity contribution in [3.05, 3.63) is 35.4 Å². The fraction of sp³-hybridized carbons (Fsp3) is 0.364. The van der Waals surface area contributed by atoms with Gasteiger partial charge in [-0.1, -0.05) is 29.8 Å². The molecule has 1 fully saturated rings. The third-order valence-corrected chi connectivity index (χ3v) is 2.90. The van der Waals surface area contributed by atoms with Crippen molar-refractivity contribution in [1.82, 2.24) is 0 Å². The van der Waals surface area contributed by atoms with Gasteiger partial charge in [0.2, 0.25) is 0 Å². The summed E-state index contributed by atoms with van der Waals surface area (Å²) in [4.78, 5) is 10.9. The number of hydrogen-bond donors (Lipinski definition) is 1. The largest absolute Gasteiger partial charge is 0.480 e. The Hall–Kier alpha value is -1.45. The van der Waals surface area contributed by atoms with Crippen molar-refractivity contribution in [3.63, 3.8) is 0 Å². The van der Waals surface area contributed by atoms with Gasteiger partial charge in [0, 0.05) is 6.42 Å². The first-order chi connectivity index (χ1) is 6.90. The number of benzene rings is 1. The standard InChI is InChI=1S/C11H10F2O2/c1-7-2-4-8(5-3-7)10(9(14)15)6-11(10,12)13/h2-5H,6H2,1H3,(H,14,15). The highest BCUT2D eigenvalue weighted by Gasteiger charge is 2.77. The van der Waals surface area contributed by atoms with Gasteiger partial charge >= 0.3 is 5.97 Å². The van der Waals surface area contributed by atoms with Crippen LogP contribution < -0.4 is 0 Å². The van der Waals surface area contributed by atoms with Crippen molar-refractivity contribution in [3.8, 4) is 0 Å². The van der Waals surface area contributed by atoms with E-state index in [1.807, 2.05) is 6.92 Å². The maximum Gasteiger partial charge on any atom is 0.320 e. The Kier molecular flexibility index (Phi) is 1.87. The highest BCUT2D eigenvalue weighted by molar-refractivity contribution is 5.87. The number of alkyl halides is 2. The predicted molar refractivity (Wildman–Crippen MR) is 50.1 cm³/mol. The van der Waals surface area contributed by atoms with Crippen molar-refractivity contribution >= 4 is 5.97 Å². The van der Waals surface area contributed by atoms with Crippen molar-refractivity contribution in [1.29, 1.82) is 0 Å². The second-order valence-corrected chi connectivity index (χ2v) is 3.96. The second-order valence-electron chi connectivity index (χ2n) is 3.96. The molecule has 0 radical (unpaired) electrons. The second kappa shape index (κ2) is 2.78. The van der Waals surface area contributed by atoms with Gasteiger partial charge in [0.05, 0.1) is 0 Å². The summed E-state index contributed by atoms with van der Waals surface area (Å²) in [5.41, 5.74) is -0.880. The zero-order chi connectivity index (χ0) is 11.3. The molecule has 0 saturated heterocycles. The number of aryl methyl sites for hydroxylation is 1. The maximum absolute atomic E-state index is 13.1. The van der Waals surface area contributed by atoms with E-state index in [0.29, 0.717) is 0 Å². The molecule has 1 aliphatic rings. The van der Waals surface area contributed by atoms with Crippen LogP contribution in [0.3, 0.4) is 0 Å². The van der Waals surface area contributed by atoms with E-state index in [4.69, 9.17) is 5.11 Å². The fourth-order valence-electron chi connectivity index (χ4n) is 1.80. The molecule has 1 N–H and O–H groups in total. The lowest BCUT2D eigenvalue weighted by molar-refractivity contribution is -0.142. The normalized spacial score (nSPS) is 27.4. The zero-order valence-corrected chi connectivity index (χ0v) is 8.13.